The van der Waals surface area contributed by atoms with Crippen LogP contribution in [0.1, 0.15) is 54.0 Å². The molecule has 0 saturated heterocycles. The van der Waals surface area contributed by atoms with Crippen LogP contribution >= 0.6 is 11.3 Å². The lowest BCUT2D eigenvalue weighted by atomic mass is 9.74. The molecule has 0 bridgehead atoms. The molecule has 0 unspecified atom stereocenters. The summed E-state index contributed by atoms with van der Waals surface area (Å²) >= 11 is 1.69. The Kier molecular flexibility index (Phi) is 4.30. The lowest BCUT2D eigenvalue weighted by Gasteiger charge is -2.34. The second kappa shape index (κ2) is 6.60. The number of hydrogen-bond donors (Lipinski definition) is 1. The van der Waals surface area contributed by atoms with Crippen LogP contribution < -0.4 is 5.32 Å². The summed E-state index contributed by atoms with van der Waals surface area (Å²) in [6.45, 7) is 2.12. The fraction of sp³-hybridized carbons (Fsp3) is 0.333. The van der Waals surface area contributed by atoms with Crippen molar-refractivity contribution in [3.63, 3.8) is 0 Å². The van der Waals surface area contributed by atoms with Gasteiger partial charge in [0.15, 0.2) is 5.78 Å². The predicted molar refractivity (Wildman–Crippen MR) is 99.6 cm³/mol. The summed E-state index contributed by atoms with van der Waals surface area (Å²) in [5, 5.41) is 5.03. The Morgan fingerprint density at radius 3 is 2.56 bits per heavy atom. The number of allylic oxidation sites excluding steroid dienone is 2. The van der Waals surface area contributed by atoms with Gasteiger partial charge in [-0.15, -0.1) is 11.3 Å². The number of aryl methyl sites for hydroxylation is 1. The van der Waals surface area contributed by atoms with Gasteiger partial charge in [0.25, 0.3) is 0 Å². The number of rotatable bonds is 3. The topological polar surface area (TPSA) is 46.2 Å². The molecule has 2 aromatic rings. The van der Waals surface area contributed by atoms with Crippen LogP contribution in [0.3, 0.4) is 0 Å². The van der Waals surface area contributed by atoms with Gasteiger partial charge >= 0.3 is 0 Å². The first-order valence-electron chi connectivity index (χ1n) is 8.84. The second-order valence-corrected chi connectivity index (χ2v) is 7.82. The largest absolute Gasteiger partial charge is 0.329 e. The van der Waals surface area contributed by atoms with Gasteiger partial charge in [-0.25, -0.2) is 0 Å². The van der Waals surface area contributed by atoms with Crippen LogP contribution in [0.5, 0.6) is 0 Å². The van der Waals surface area contributed by atoms with Gasteiger partial charge in [-0.05, 0) is 35.4 Å². The Labute approximate surface area is 151 Å². The van der Waals surface area contributed by atoms with E-state index in [4.69, 9.17) is 0 Å². The van der Waals surface area contributed by atoms with E-state index in [-0.39, 0.29) is 23.5 Å². The standard InChI is InChI=1S/C21H21NO2S/c1-2-13-5-7-14(8-6-13)16-12-20(24)22-17-10-15(11-18(23)21(16)17)19-4-3-9-25-19/h3-9,15-16H,2,10-12H2,1H3,(H,22,24)/t15-,16+/m0/s1. The zero-order chi connectivity index (χ0) is 17.4. The first-order valence-corrected chi connectivity index (χ1v) is 9.72. The number of amides is 1. The van der Waals surface area contributed by atoms with E-state index < -0.39 is 0 Å². The van der Waals surface area contributed by atoms with Crippen LogP contribution in [0, 0.1) is 0 Å². The lowest BCUT2D eigenvalue weighted by molar-refractivity contribution is -0.122. The zero-order valence-electron chi connectivity index (χ0n) is 14.2. The van der Waals surface area contributed by atoms with Crippen molar-refractivity contribution in [1.82, 2.24) is 5.32 Å². The predicted octanol–water partition coefficient (Wildman–Crippen LogP) is 4.31. The Morgan fingerprint density at radius 2 is 1.88 bits per heavy atom. The maximum Gasteiger partial charge on any atom is 0.225 e. The molecular weight excluding hydrogens is 330 g/mol. The van der Waals surface area contributed by atoms with E-state index in [1.165, 1.54) is 10.4 Å². The van der Waals surface area contributed by atoms with Crippen LogP contribution in [0.4, 0.5) is 0 Å². The third-order valence-electron chi connectivity index (χ3n) is 5.27. The molecule has 0 radical (unpaired) electrons. The van der Waals surface area contributed by atoms with Gasteiger partial charge in [0, 0.05) is 40.8 Å². The van der Waals surface area contributed by atoms with E-state index in [9.17, 15) is 9.59 Å². The molecule has 128 valence electrons. The molecule has 4 heteroatoms. The number of benzene rings is 1. The molecule has 1 N–H and O–H groups in total. The third kappa shape index (κ3) is 3.07. The van der Waals surface area contributed by atoms with Gasteiger partial charge in [0.2, 0.25) is 5.91 Å². The number of carbonyl (C=O) groups excluding carboxylic acids is 2. The van der Waals surface area contributed by atoms with Crippen molar-refractivity contribution in [2.45, 2.75) is 44.4 Å². The Morgan fingerprint density at radius 1 is 1.08 bits per heavy atom. The number of ketones is 1. The van der Waals surface area contributed by atoms with E-state index in [2.05, 4.69) is 42.6 Å². The number of nitrogens with one attached hydrogen (secondary N) is 1. The van der Waals surface area contributed by atoms with Crippen molar-refractivity contribution in [1.29, 1.82) is 0 Å². The SMILES string of the molecule is CCc1ccc([C@H]2CC(=O)NC3=C2C(=O)C[C@@H](c2cccs2)C3)cc1. The molecule has 1 amide bonds. The zero-order valence-corrected chi connectivity index (χ0v) is 15.1. The number of thiophene rings is 1. The average molecular weight is 351 g/mol. The summed E-state index contributed by atoms with van der Waals surface area (Å²) in [6.07, 6.45) is 2.64. The minimum atomic E-state index is -0.105. The van der Waals surface area contributed by atoms with Crippen molar-refractivity contribution >= 4 is 23.0 Å². The number of carbonyl (C=O) groups is 2. The molecule has 2 atom stereocenters. The molecule has 25 heavy (non-hydrogen) atoms. The van der Waals surface area contributed by atoms with Crippen LogP contribution in [0.25, 0.3) is 0 Å². The monoisotopic (exact) mass is 351 g/mol. The lowest BCUT2D eigenvalue weighted by Crippen LogP contribution is -2.38. The molecular formula is C21H21NO2S. The fourth-order valence-corrected chi connectivity index (χ4v) is 4.79. The van der Waals surface area contributed by atoms with Crippen molar-refractivity contribution in [3.05, 3.63) is 69.1 Å². The van der Waals surface area contributed by atoms with Crippen LogP contribution in [0.15, 0.2) is 53.0 Å². The third-order valence-corrected chi connectivity index (χ3v) is 6.31. The molecule has 2 heterocycles. The highest BCUT2D eigenvalue weighted by molar-refractivity contribution is 7.10. The highest BCUT2D eigenvalue weighted by Gasteiger charge is 2.38. The van der Waals surface area contributed by atoms with E-state index in [1.54, 1.807) is 11.3 Å². The summed E-state index contributed by atoms with van der Waals surface area (Å²) in [5.41, 5.74) is 4.01. The molecule has 0 spiro atoms. The van der Waals surface area contributed by atoms with Crippen molar-refractivity contribution in [3.8, 4) is 0 Å². The Hall–Kier alpha value is -2.20. The molecule has 0 fully saturated rings. The highest BCUT2D eigenvalue weighted by Crippen LogP contribution is 2.43. The summed E-state index contributed by atoms with van der Waals surface area (Å²) in [6, 6.07) is 12.5. The van der Waals surface area contributed by atoms with E-state index in [0.717, 1.165) is 29.7 Å². The van der Waals surface area contributed by atoms with E-state index >= 15 is 0 Å². The molecule has 4 rings (SSSR count). The summed E-state index contributed by atoms with van der Waals surface area (Å²) in [4.78, 5) is 26.4. The minimum Gasteiger partial charge on any atom is -0.329 e. The maximum absolute atomic E-state index is 12.9. The van der Waals surface area contributed by atoms with Gasteiger partial charge in [-0.3, -0.25) is 9.59 Å². The quantitative estimate of drug-likeness (QED) is 0.895. The normalized spacial score (nSPS) is 23.4. The van der Waals surface area contributed by atoms with Crippen molar-refractivity contribution in [2.24, 2.45) is 0 Å². The highest BCUT2D eigenvalue weighted by atomic mass is 32.1. The molecule has 1 aliphatic carbocycles. The van der Waals surface area contributed by atoms with Crippen molar-refractivity contribution < 1.29 is 9.59 Å². The average Bonchev–Trinajstić information content (AvgIpc) is 3.15. The van der Waals surface area contributed by atoms with Gasteiger partial charge < -0.3 is 5.32 Å². The van der Waals surface area contributed by atoms with Crippen LogP contribution in [-0.2, 0) is 16.0 Å². The molecule has 3 nitrogen and oxygen atoms in total. The maximum atomic E-state index is 12.9. The smallest absolute Gasteiger partial charge is 0.225 e. The van der Waals surface area contributed by atoms with Crippen LogP contribution in [-0.4, -0.2) is 11.7 Å². The molecule has 1 aliphatic heterocycles. The first-order chi connectivity index (χ1) is 12.2. The molecule has 1 aromatic carbocycles. The summed E-state index contributed by atoms with van der Waals surface area (Å²) in [5.74, 6) is 0.284. The second-order valence-electron chi connectivity index (χ2n) is 6.84. The van der Waals surface area contributed by atoms with Gasteiger partial charge in [-0.2, -0.15) is 0 Å². The van der Waals surface area contributed by atoms with Gasteiger partial charge in [0.1, 0.15) is 0 Å². The fourth-order valence-electron chi connectivity index (χ4n) is 3.96. The minimum absolute atomic E-state index is 0.0166. The van der Waals surface area contributed by atoms with Crippen molar-refractivity contribution in [2.75, 3.05) is 0 Å². The number of Topliss-reactive ketones (excluding diaryl/α,β-unsaturated/α-hetero) is 1. The van der Waals surface area contributed by atoms with Crippen LogP contribution in [0.2, 0.25) is 0 Å². The Bertz CT molecular complexity index is 833. The molecule has 0 saturated carbocycles. The van der Waals surface area contributed by atoms with E-state index in [0.29, 0.717) is 12.8 Å². The number of hydrogen-bond acceptors (Lipinski definition) is 3. The summed E-state index contributed by atoms with van der Waals surface area (Å²) in [7, 11) is 0. The molecule has 1 aromatic heterocycles. The molecule has 2 aliphatic rings. The Balaban J connectivity index is 1.70. The van der Waals surface area contributed by atoms with Gasteiger partial charge in [0.05, 0.1) is 0 Å². The first kappa shape index (κ1) is 16.3. The van der Waals surface area contributed by atoms with Gasteiger partial charge in [-0.1, -0.05) is 37.3 Å². The summed E-state index contributed by atoms with van der Waals surface area (Å²) < 4.78 is 0. The van der Waals surface area contributed by atoms with E-state index in [1.807, 2.05) is 11.4 Å².